The monoisotopic (exact) mass is 487 g/mol. The average molecular weight is 488 g/mol. The van der Waals surface area contributed by atoms with Gasteiger partial charge in [-0.3, -0.25) is 19.3 Å². The molecule has 0 spiro atoms. The molecule has 0 saturated carbocycles. The number of ketones is 1. The van der Waals surface area contributed by atoms with Crippen LogP contribution in [0.5, 0.6) is 0 Å². The minimum Gasteiger partial charge on any atom is -0.465 e. The maximum atomic E-state index is 13.9. The van der Waals surface area contributed by atoms with E-state index in [1.165, 1.54) is 4.90 Å². The number of rotatable bonds is 6. The molecule has 1 aromatic heterocycles. The molecule has 2 heterocycles. The highest BCUT2D eigenvalue weighted by molar-refractivity contribution is 6.30. The van der Waals surface area contributed by atoms with Crippen molar-refractivity contribution in [1.82, 2.24) is 9.55 Å². The van der Waals surface area contributed by atoms with Gasteiger partial charge in [0.15, 0.2) is 11.7 Å². The van der Waals surface area contributed by atoms with E-state index in [2.05, 4.69) is 0 Å². The molecule has 0 unspecified atom stereocenters. The van der Waals surface area contributed by atoms with E-state index in [1.807, 2.05) is 59.2 Å². The van der Waals surface area contributed by atoms with Crippen LogP contribution in [0.2, 0.25) is 5.02 Å². The first-order chi connectivity index (χ1) is 17.0. The number of hydrogen-bond acceptors (Lipinski definition) is 5. The first kappa shape index (κ1) is 22.8. The summed E-state index contributed by atoms with van der Waals surface area (Å²) in [6, 6.07) is 22.6. The fourth-order valence-electron chi connectivity index (χ4n) is 4.52. The van der Waals surface area contributed by atoms with Crippen LogP contribution < -0.4 is 4.90 Å². The second kappa shape index (κ2) is 9.35. The number of imidazole rings is 1. The predicted octanol–water partition coefficient (Wildman–Crippen LogP) is 4.69. The van der Waals surface area contributed by atoms with E-state index < -0.39 is 23.8 Å². The summed E-state index contributed by atoms with van der Waals surface area (Å²) in [6.45, 7) is 1.55. The maximum absolute atomic E-state index is 13.9. The first-order valence-electron chi connectivity index (χ1n) is 11.3. The van der Waals surface area contributed by atoms with Gasteiger partial charge >= 0.3 is 5.97 Å². The molecular weight excluding hydrogens is 466 g/mol. The smallest absolute Gasteiger partial charge is 0.321 e. The van der Waals surface area contributed by atoms with Crippen molar-refractivity contribution in [2.75, 3.05) is 18.1 Å². The number of esters is 1. The lowest BCUT2D eigenvalue weighted by molar-refractivity contribution is -0.153. The van der Waals surface area contributed by atoms with E-state index in [1.54, 1.807) is 31.2 Å². The Hall–Kier alpha value is -3.97. The lowest BCUT2D eigenvalue weighted by Crippen LogP contribution is -2.51. The molecule has 4 aromatic rings. The molecule has 1 aliphatic rings. The second-order valence-corrected chi connectivity index (χ2v) is 8.65. The van der Waals surface area contributed by atoms with Crippen molar-refractivity contribution in [2.24, 2.45) is 5.92 Å². The van der Waals surface area contributed by atoms with Crippen LogP contribution in [0, 0.1) is 5.92 Å². The van der Waals surface area contributed by atoms with Gasteiger partial charge in [-0.15, -0.1) is 0 Å². The van der Waals surface area contributed by atoms with E-state index in [9.17, 15) is 14.4 Å². The summed E-state index contributed by atoms with van der Waals surface area (Å²) in [4.78, 5) is 46.2. The molecule has 0 saturated heterocycles. The minimum atomic E-state index is -1.18. The van der Waals surface area contributed by atoms with Crippen molar-refractivity contribution < 1.29 is 19.1 Å². The Bertz CT molecular complexity index is 1420. The van der Waals surface area contributed by atoms with Gasteiger partial charge in [-0.25, -0.2) is 4.98 Å². The number of halogens is 1. The fraction of sp³-hybridized carbons (Fsp3) is 0.185. The molecule has 7 nitrogen and oxygen atoms in total. The molecule has 176 valence electrons. The fourth-order valence-corrected chi connectivity index (χ4v) is 4.65. The molecule has 8 heteroatoms. The van der Waals surface area contributed by atoms with Gasteiger partial charge in [0.1, 0.15) is 0 Å². The summed E-state index contributed by atoms with van der Waals surface area (Å²) in [5.41, 5.74) is 2.58. The zero-order valence-corrected chi connectivity index (χ0v) is 19.7. The Morgan fingerprint density at radius 2 is 1.66 bits per heavy atom. The summed E-state index contributed by atoms with van der Waals surface area (Å²) >= 11 is 5.96. The molecule has 0 aliphatic carbocycles. The maximum Gasteiger partial charge on any atom is 0.321 e. The molecular formula is C27H22ClN3O4. The van der Waals surface area contributed by atoms with Gasteiger partial charge in [-0.1, -0.05) is 54.1 Å². The highest BCUT2D eigenvalue weighted by Crippen LogP contribution is 2.41. The second-order valence-electron chi connectivity index (χ2n) is 8.21. The summed E-state index contributed by atoms with van der Waals surface area (Å²) in [7, 11) is 0. The number of para-hydroxylation sites is 2. The number of aromatic nitrogens is 2. The van der Waals surface area contributed by atoms with Gasteiger partial charge in [0.2, 0.25) is 11.9 Å². The number of anilines is 1. The van der Waals surface area contributed by atoms with Crippen LogP contribution in [-0.2, 0) is 14.3 Å². The van der Waals surface area contributed by atoms with Gasteiger partial charge < -0.3 is 9.30 Å². The normalized spacial score (nSPS) is 17.3. The van der Waals surface area contributed by atoms with Gasteiger partial charge in [0.25, 0.3) is 0 Å². The number of hydrogen-bond donors (Lipinski definition) is 0. The average Bonchev–Trinajstić information content (AvgIpc) is 3.25. The molecule has 35 heavy (non-hydrogen) atoms. The third kappa shape index (κ3) is 4.08. The number of ether oxygens (including phenoxy) is 1. The van der Waals surface area contributed by atoms with Crippen LogP contribution >= 0.6 is 11.6 Å². The van der Waals surface area contributed by atoms with Crippen LogP contribution in [0.15, 0.2) is 78.9 Å². The molecule has 0 bridgehead atoms. The van der Waals surface area contributed by atoms with E-state index in [0.717, 1.165) is 11.1 Å². The summed E-state index contributed by atoms with van der Waals surface area (Å²) in [6.07, 6.45) is 0. The zero-order chi connectivity index (χ0) is 24.5. The van der Waals surface area contributed by atoms with Crippen LogP contribution in [-0.4, -0.2) is 40.4 Å². The van der Waals surface area contributed by atoms with Gasteiger partial charge in [-0.05, 0) is 48.9 Å². The highest BCUT2D eigenvalue weighted by atomic mass is 35.5. The number of fused-ring (bicyclic) bond motifs is 3. The standard InChI is InChI=1S/C27H22ClN3O4/c1-2-35-26(34)23-24(18-8-4-3-5-9-18)31-21-11-7-6-10-20(21)29-27(31)30(25(23)33)16-22(32)17-12-14-19(28)15-13-17/h3-15,23-24H,2,16H2,1H3/t23-,24-/m1/s1. The van der Waals surface area contributed by atoms with Crippen LogP contribution in [0.1, 0.15) is 28.9 Å². The topological polar surface area (TPSA) is 81.5 Å². The number of benzene rings is 3. The van der Waals surface area contributed by atoms with Gasteiger partial charge in [0, 0.05) is 10.6 Å². The number of nitrogens with zero attached hydrogens (tertiary/aromatic N) is 3. The molecule has 2 atom stereocenters. The Morgan fingerprint density at radius 3 is 2.37 bits per heavy atom. The Labute approximate surface area is 206 Å². The number of Topliss-reactive ketones (excluding diaryl/α,β-unsaturated/α-hetero) is 1. The zero-order valence-electron chi connectivity index (χ0n) is 18.9. The molecule has 0 N–H and O–H groups in total. The van der Waals surface area contributed by atoms with Crippen molar-refractivity contribution in [3.63, 3.8) is 0 Å². The lowest BCUT2D eigenvalue weighted by Gasteiger charge is -2.37. The SMILES string of the molecule is CCOC(=O)[C@H]1C(=O)N(CC(=O)c2ccc(Cl)cc2)c2nc3ccccc3n2[C@@H]1c1ccccc1. The van der Waals surface area contributed by atoms with Crippen molar-refractivity contribution in [1.29, 1.82) is 0 Å². The molecule has 3 aromatic carbocycles. The van der Waals surface area contributed by atoms with Crippen molar-refractivity contribution in [3.8, 4) is 0 Å². The van der Waals surface area contributed by atoms with Gasteiger partial charge in [0.05, 0.1) is 30.2 Å². The number of carbonyl (C=O) groups is 3. The summed E-state index contributed by atoms with van der Waals surface area (Å²) in [5.74, 6) is -2.33. The van der Waals surface area contributed by atoms with Crippen LogP contribution in [0.3, 0.4) is 0 Å². The molecule has 5 rings (SSSR count). The Balaban J connectivity index is 1.68. The van der Waals surface area contributed by atoms with Crippen molar-refractivity contribution >= 4 is 46.2 Å². The molecule has 1 amide bonds. The highest BCUT2D eigenvalue weighted by Gasteiger charge is 2.48. The Morgan fingerprint density at radius 1 is 0.971 bits per heavy atom. The third-order valence-corrected chi connectivity index (χ3v) is 6.35. The molecule has 0 radical (unpaired) electrons. The third-order valence-electron chi connectivity index (χ3n) is 6.09. The molecule has 0 fully saturated rings. The van der Waals surface area contributed by atoms with Crippen molar-refractivity contribution in [2.45, 2.75) is 13.0 Å². The van der Waals surface area contributed by atoms with Crippen LogP contribution in [0.25, 0.3) is 11.0 Å². The minimum absolute atomic E-state index is 0.130. The quantitative estimate of drug-likeness (QED) is 0.224. The summed E-state index contributed by atoms with van der Waals surface area (Å²) in [5, 5.41) is 0.505. The molecule has 1 aliphatic heterocycles. The largest absolute Gasteiger partial charge is 0.465 e. The van der Waals surface area contributed by atoms with Crippen LogP contribution in [0.4, 0.5) is 5.95 Å². The Kier molecular flexibility index (Phi) is 6.09. The number of amides is 1. The lowest BCUT2D eigenvalue weighted by atomic mass is 9.89. The van der Waals surface area contributed by atoms with E-state index in [0.29, 0.717) is 22.1 Å². The predicted molar refractivity (Wildman–Crippen MR) is 133 cm³/mol. The van der Waals surface area contributed by atoms with E-state index in [4.69, 9.17) is 21.3 Å². The van der Waals surface area contributed by atoms with E-state index >= 15 is 0 Å². The van der Waals surface area contributed by atoms with Gasteiger partial charge in [-0.2, -0.15) is 0 Å². The number of carbonyl (C=O) groups excluding carboxylic acids is 3. The summed E-state index contributed by atoms with van der Waals surface area (Å²) < 4.78 is 7.20. The first-order valence-corrected chi connectivity index (χ1v) is 11.7. The van der Waals surface area contributed by atoms with Crippen molar-refractivity contribution in [3.05, 3.63) is 95.0 Å². The van der Waals surface area contributed by atoms with E-state index in [-0.39, 0.29) is 18.9 Å².